The van der Waals surface area contributed by atoms with Crippen LogP contribution in [0.15, 0.2) is 0 Å². The molecule has 0 spiro atoms. The van der Waals surface area contributed by atoms with Gasteiger partial charge in [-0.15, -0.1) is 0 Å². The smallest absolute Gasteiger partial charge is 0.822 e. The van der Waals surface area contributed by atoms with Crippen molar-refractivity contribution in [3.8, 4) is 0 Å². The molecule has 0 heterocycles. The van der Waals surface area contributed by atoms with Crippen LogP contribution in [-0.2, 0) is 4.57 Å². The number of quaternary nitrogens is 1. The number of hydrogen-bond acceptors (Lipinski definition) is 4. The van der Waals surface area contributed by atoms with Crippen molar-refractivity contribution in [2.75, 3.05) is 27.2 Å². The second-order valence-electron chi connectivity index (χ2n) is 9.13. The third kappa shape index (κ3) is 35.8. The molecule has 0 aromatic heterocycles. The summed E-state index contributed by atoms with van der Waals surface area (Å²) in [4.78, 5) is 25.6. The van der Waals surface area contributed by atoms with Crippen molar-refractivity contribution in [1.29, 1.82) is 0 Å². The van der Waals surface area contributed by atoms with Crippen LogP contribution in [0.3, 0.4) is 0 Å². The highest BCUT2D eigenvalue weighted by atomic mass is 31.2. The zero-order valence-electron chi connectivity index (χ0n) is 22.0. The summed E-state index contributed by atoms with van der Waals surface area (Å²) in [6.45, 7) is 7.36. The van der Waals surface area contributed by atoms with Gasteiger partial charge in [-0.05, 0) is 25.7 Å². The van der Waals surface area contributed by atoms with Gasteiger partial charge >= 0.3 is 2.85 Å². The molecular formula is C23H52NO4P. The summed E-state index contributed by atoms with van der Waals surface area (Å²) in [5.41, 5.74) is 0. The lowest BCUT2D eigenvalue weighted by molar-refractivity contribution is -0.890. The highest BCUT2D eigenvalue weighted by Gasteiger charge is 2.13. The molecule has 0 aromatic rings. The summed E-state index contributed by atoms with van der Waals surface area (Å²) in [5, 5.41) is 0. The fraction of sp³-hybridized carbons (Fsp3) is 1.00. The molecule has 5 nitrogen and oxygen atoms in total. The van der Waals surface area contributed by atoms with Crippen molar-refractivity contribution in [3.63, 3.8) is 0 Å². The summed E-state index contributed by atoms with van der Waals surface area (Å²) in [6.07, 6.45) is 24.5. The molecule has 178 valence electrons. The van der Waals surface area contributed by atoms with E-state index in [-0.39, 0.29) is 2.85 Å². The van der Waals surface area contributed by atoms with Gasteiger partial charge in [0.2, 0.25) is 0 Å². The van der Waals surface area contributed by atoms with Crippen LogP contribution in [0.4, 0.5) is 0 Å². The standard InChI is InChI=1S/C23H50N.H3O4P/c1-5-7-9-11-13-14-15-17-19-21-23-24(3,4)22-20-18-16-12-10-8-6-2;1-5(2,3)4/h5-23H2,1-4H3;(H3,1,2,3,4)/q+1;/p-1. The average molecular weight is 438 g/mol. The molecule has 0 saturated carbocycles. The Kier molecular flexibility index (Phi) is 23.0. The van der Waals surface area contributed by atoms with Gasteiger partial charge in [0.05, 0.1) is 27.2 Å². The molecule has 0 rings (SSSR count). The molecule has 0 N–H and O–H groups in total. The Hall–Kier alpha value is 0.0700. The summed E-state index contributed by atoms with van der Waals surface area (Å²) < 4.78 is 9.79. The monoisotopic (exact) mass is 437 g/mol. The number of rotatable bonds is 19. The molecule has 0 aromatic carbocycles. The van der Waals surface area contributed by atoms with Crippen LogP contribution in [0.5, 0.6) is 0 Å². The van der Waals surface area contributed by atoms with Crippen LogP contribution in [0.2, 0.25) is 0 Å². The molecule has 0 atom stereocenters. The average Bonchev–Trinajstić information content (AvgIpc) is 2.61. The fourth-order valence-corrected chi connectivity index (χ4v) is 3.64. The maximum Gasteiger partial charge on any atom is 1.00 e. The number of nitrogens with zero attached hydrogens (tertiary/aromatic N) is 1. The van der Waals surface area contributed by atoms with E-state index in [0.717, 1.165) is 0 Å². The van der Waals surface area contributed by atoms with E-state index in [0.29, 0.717) is 0 Å². The molecule has 6 heteroatoms. The van der Waals surface area contributed by atoms with Crippen molar-refractivity contribution in [2.24, 2.45) is 0 Å². The molecule has 0 aliphatic rings. The third-order valence-electron chi connectivity index (χ3n) is 5.48. The second kappa shape index (κ2) is 21.3. The molecule has 0 aliphatic carbocycles. The highest BCUT2D eigenvalue weighted by molar-refractivity contribution is 7.40. The molecule has 0 aliphatic heterocycles. The summed E-state index contributed by atoms with van der Waals surface area (Å²) in [5.74, 6) is 0. The fourth-order valence-electron chi connectivity index (χ4n) is 3.64. The van der Waals surface area contributed by atoms with Crippen LogP contribution in [0, 0.1) is 0 Å². The van der Waals surface area contributed by atoms with Crippen LogP contribution >= 0.6 is 7.82 Å². The van der Waals surface area contributed by atoms with Gasteiger partial charge in [-0.1, -0.05) is 97.3 Å². The van der Waals surface area contributed by atoms with Crippen molar-refractivity contribution >= 4 is 7.82 Å². The Morgan fingerprint density at radius 2 is 0.759 bits per heavy atom. The van der Waals surface area contributed by atoms with E-state index in [4.69, 9.17) is 19.2 Å². The van der Waals surface area contributed by atoms with Gasteiger partial charge in [0.15, 0.2) is 0 Å². The molecular weight excluding hydrogens is 385 g/mol. The SMILES string of the molecule is CCCCCCCCCCCC[N+](C)(C)CCCCCCCCC.O=P([O-])([O-])[O-].[H+].[H+]. The maximum absolute atomic E-state index is 8.55. The third-order valence-corrected chi connectivity index (χ3v) is 5.48. The molecule has 0 bridgehead atoms. The summed E-state index contributed by atoms with van der Waals surface area (Å²) in [7, 11) is -0.518. The Morgan fingerprint density at radius 1 is 0.552 bits per heavy atom. The van der Waals surface area contributed by atoms with Crippen molar-refractivity contribution < 1.29 is 26.6 Å². The number of unbranched alkanes of at least 4 members (excludes halogenated alkanes) is 15. The van der Waals surface area contributed by atoms with Crippen molar-refractivity contribution in [1.82, 2.24) is 0 Å². The first-order chi connectivity index (χ1) is 13.6. The highest BCUT2D eigenvalue weighted by Crippen LogP contribution is 2.13. The molecule has 0 unspecified atom stereocenters. The lowest BCUT2D eigenvalue weighted by atomic mass is 10.1. The van der Waals surface area contributed by atoms with E-state index in [1.54, 1.807) is 0 Å². The van der Waals surface area contributed by atoms with Gasteiger partial charge in [0.25, 0.3) is 0 Å². The Morgan fingerprint density at radius 3 is 1.00 bits per heavy atom. The van der Waals surface area contributed by atoms with Crippen LogP contribution < -0.4 is 14.7 Å². The zero-order chi connectivity index (χ0) is 22.4. The van der Waals surface area contributed by atoms with Gasteiger partial charge in [-0.2, -0.15) is 7.82 Å². The molecule has 0 radical (unpaired) electrons. The van der Waals surface area contributed by atoms with Gasteiger partial charge in [-0.3, -0.25) is 0 Å². The summed E-state index contributed by atoms with van der Waals surface area (Å²) in [6, 6.07) is 0. The van der Waals surface area contributed by atoms with E-state index in [2.05, 4.69) is 27.9 Å². The van der Waals surface area contributed by atoms with E-state index >= 15 is 0 Å². The summed E-state index contributed by atoms with van der Waals surface area (Å²) >= 11 is 0. The predicted octanol–water partition coefficient (Wildman–Crippen LogP) is 5.13. The number of hydrogen-bond donors (Lipinski definition) is 0. The van der Waals surface area contributed by atoms with Gasteiger partial charge in [0.1, 0.15) is 0 Å². The molecule has 0 saturated heterocycles. The minimum Gasteiger partial charge on any atom is -0.822 e. The minimum atomic E-state index is -5.39. The van der Waals surface area contributed by atoms with E-state index in [1.807, 2.05) is 0 Å². The lowest BCUT2D eigenvalue weighted by Gasteiger charge is -2.36. The van der Waals surface area contributed by atoms with E-state index in [1.165, 1.54) is 127 Å². The first kappa shape index (κ1) is 31.3. The largest absolute Gasteiger partial charge is 1.00 e. The Labute approximate surface area is 185 Å². The van der Waals surface area contributed by atoms with Crippen molar-refractivity contribution in [2.45, 2.75) is 123 Å². The van der Waals surface area contributed by atoms with Crippen LogP contribution in [0.25, 0.3) is 0 Å². The first-order valence-corrected chi connectivity index (χ1v) is 13.6. The second-order valence-corrected chi connectivity index (χ2v) is 10.0. The predicted molar refractivity (Wildman–Crippen MR) is 122 cm³/mol. The molecule has 0 amide bonds. The van der Waals surface area contributed by atoms with Gasteiger partial charge in [-0.25, -0.2) is 0 Å². The first-order valence-electron chi connectivity index (χ1n) is 12.2. The topological polar surface area (TPSA) is 86.2 Å². The van der Waals surface area contributed by atoms with Crippen LogP contribution in [-0.4, -0.2) is 31.7 Å². The van der Waals surface area contributed by atoms with Crippen LogP contribution in [0.1, 0.15) is 126 Å². The lowest BCUT2D eigenvalue weighted by Crippen LogP contribution is -2.41. The minimum absolute atomic E-state index is 0. The van der Waals surface area contributed by atoms with Crippen molar-refractivity contribution in [3.05, 3.63) is 0 Å². The zero-order valence-corrected chi connectivity index (χ0v) is 20.9. The molecule has 29 heavy (non-hydrogen) atoms. The quantitative estimate of drug-likeness (QED) is 0.159. The maximum atomic E-state index is 8.55. The number of phosphoric acid groups is 1. The Bertz CT molecular complexity index is 374. The normalized spacial score (nSPS) is 12.0. The van der Waals surface area contributed by atoms with Gasteiger partial charge in [0, 0.05) is 0 Å². The Balaban J connectivity index is -0.000000464. The van der Waals surface area contributed by atoms with E-state index < -0.39 is 7.82 Å². The van der Waals surface area contributed by atoms with Gasteiger partial charge < -0.3 is 23.7 Å². The molecule has 0 fully saturated rings. The van der Waals surface area contributed by atoms with E-state index in [9.17, 15) is 0 Å².